The van der Waals surface area contributed by atoms with Crippen molar-refractivity contribution < 1.29 is 17.9 Å². The van der Waals surface area contributed by atoms with Crippen molar-refractivity contribution in [3.05, 3.63) is 44.0 Å². The molecule has 0 aliphatic heterocycles. The van der Waals surface area contributed by atoms with Crippen LogP contribution in [-0.4, -0.2) is 6.36 Å². The highest BCUT2D eigenvalue weighted by Crippen LogP contribution is 2.32. The Bertz CT molecular complexity index is 566. The number of hydrogen-bond acceptors (Lipinski definition) is 3. The Balaban J connectivity index is 1.94. The van der Waals surface area contributed by atoms with E-state index in [1.54, 1.807) is 0 Å². The number of rotatable bonds is 4. The van der Waals surface area contributed by atoms with Gasteiger partial charge in [-0.1, -0.05) is 11.6 Å². The molecule has 20 heavy (non-hydrogen) atoms. The number of alkyl halides is 3. The standard InChI is InChI=1S/C12H8BrClF3NOS/c13-10-5-9(20-11(10)14)6-18-7-1-3-8(4-2-7)19-12(15,16)17/h1-5,18H,6H2. The number of halogens is 5. The van der Waals surface area contributed by atoms with E-state index in [9.17, 15) is 13.2 Å². The molecule has 0 spiro atoms. The summed E-state index contributed by atoms with van der Waals surface area (Å²) in [6.07, 6.45) is -4.67. The van der Waals surface area contributed by atoms with Gasteiger partial charge in [0.25, 0.3) is 0 Å². The minimum atomic E-state index is -4.67. The Morgan fingerprint density at radius 2 is 1.90 bits per heavy atom. The lowest BCUT2D eigenvalue weighted by Gasteiger charge is -2.10. The van der Waals surface area contributed by atoms with Crippen molar-refractivity contribution in [1.29, 1.82) is 0 Å². The van der Waals surface area contributed by atoms with Crippen LogP contribution < -0.4 is 10.1 Å². The average molecular weight is 387 g/mol. The zero-order valence-electron chi connectivity index (χ0n) is 9.80. The van der Waals surface area contributed by atoms with E-state index in [1.807, 2.05) is 6.07 Å². The molecule has 1 N–H and O–H groups in total. The maximum absolute atomic E-state index is 12.0. The highest BCUT2D eigenvalue weighted by molar-refractivity contribution is 9.10. The molecule has 0 unspecified atom stereocenters. The second kappa shape index (κ2) is 6.24. The van der Waals surface area contributed by atoms with Crippen molar-refractivity contribution >= 4 is 44.6 Å². The predicted molar refractivity (Wildman–Crippen MR) is 77.5 cm³/mol. The number of anilines is 1. The molecule has 2 nitrogen and oxygen atoms in total. The third-order valence-electron chi connectivity index (χ3n) is 2.25. The van der Waals surface area contributed by atoms with E-state index in [2.05, 4.69) is 26.0 Å². The van der Waals surface area contributed by atoms with Crippen LogP contribution in [0.1, 0.15) is 4.88 Å². The summed E-state index contributed by atoms with van der Waals surface area (Å²) in [6.45, 7) is 0.537. The largest absolute Gasteiger partial charge is 0.573 e. The SMILES string of the molecule is FC(F)(F)Oc1ccc(NCc2cc(Br)c(Cl)s2)cc1. The summed E-state index contributed by atoms with van der Waals surface area (Å²) >= 11 is 10.6. The van der Waals surface area contributed by atoms with Crippen molar-refractivity contribution in [3.8, 4) is 5.75 Å². The lowest BCUT2D eigenvalue weighted by atomic mass is 10.3. The van der Waals surface area contributed by atoms with Crippen LogP contribution in [0.3, 0.4) is 0 Å². The summed E-state index contributed by atoms with van der Waals surface area (Å²) in [5, 5.41) is 3.09. The third-order valence-corrected chi connectivity index (χ3v) is 4.73. The lowest BCUT2D eigenvalue weighted by Crippen LogP contribution is -2.17. The zero-order chi connectivity index (χ0) is 14.8. The van der Waals surface area contributed by atoms with Gasteiger partial charge >= 0.3 is 6.36 Å². The van der Waals surface area contributed by atoms with Gasteiger partial charge in [-0.05, 0) is 46.3 Å². The van der Waals surface area contributed by atoms with Crippen molar-refractivity contribution in [1.82, 2.24) is 0 Å². The molecule has 0 saturated heterocycles. The Hall–Kier alpha value is -0.920. The monoisotopic (exact) mass is 385 g/mol. The van der Waals surface area contributed by atoms with Gasteiger partial charge < -0.3 is 10.1 Å². The molecule has 0 bridgehead atoms. The molecule has 1 aromatic carbocycles. The smallest absolute Gasteiger partial charge is 0.406 e. The van der Waals surface area contributed by atoms with Crippen molar-refractivity contribution in [2.45, 2.75) is 12.9 Å². The van der Waals surface area contributed by atoms with Crippen LogP contribution in [-0.2, 0) is 6.54 Å². The minimum absolute atomic E-state index is 0.245. The highest BCUT2D eigenvalue weighted by Gasteiger charge is 2.30. The molecule has 1 aromatic heterocycles. The van der Waals surface area contributed by atoms with Gasteiger partial charge in [-0.3, -0.25) is 0 Å². The number of thiophene rings is 1. The molecule has 0 aliphatic carbocycles. The Labute approximate surface area is 130 Å². The van der Waals surface area contributed by atoms with Crippen molar-refractivity contribution in [3.63, 3.8) is 0 Å². The molecular weight excluding hydrogens is 379 g/mol. The van der Waals surface area contributed by atoms with E-state index in [0.29, 0.717) is 16.6 Å². The van der Waals surface area contributed by atoms with Crippen LogP contribution >= 0.6 is 38.9 Å². The zero-order valence-corrected chi connectivity index (χ0v) is 13.0. The van der Waals surface area contributed by atoms with E-state index in [1.165, 1.54) is 35.6 Å². The van der Waals surface area contributed by atoms with Gasteiger partial charge in [-0.2, -0.15) is 0 Å². The molecule has 0 radical (unpaired) electrons. The fraction of sp³-hybridized carbons (Fsp3) is 0.167. The summed E-state index contributed by atoms with van der Waals surface area (Å²) in [5.41, 5.74) is 0.695. The Kier molecular flexibility index (Phi) is 4.82. The number of benzene rings is 1. The van der Waals surface area contributed by atoms with Gasteiger partial charge in [-0.15, -0.1) is 24.5 Å². The lowest BCUT2D eigenvalue weighted by molar-refractivity contribution is -0.274. The maximum atomic E-state index is 12.0. The van der Waals surface area contributed by atoms with Gasteiger partial charge in [-0.25, -0.2) is 0 Å². The predicted octanol–water partition coefficient (Wildman–Crippen LogP) is 5.67. The Morgan fingerprint density at radius 1 is 1.25 bits per heavy atom. The van der Waals surface area contributed by atoms with Crippen LogP contribution in [0.5, 0.6) is 5.75 Å². The average Bonchev–Trinajstić information content (AvgIpc) is 2.66. The van der Waals surface area contributed by atoms with Crippen LogP contribution in [0, 0.1) is 0 Å². The van der Waals surface area contributed by atoms with E-state index in [4.69, 9.17) is 11.6 Å². The van der Waals surface area contributed by atoms with Gasteiger partial charge in [0.15, 0.2) is 0 Å². The van der Waals surface area contributed by atoms with E-state index >= 15 is 0 Å². The number of nitrogens with one attached hydrogen (secondary N) is 1. The summed E-state index contributed by atoms with van der Waals surface area (Å²) in [6, 6.07) is 7.44. The van der Waals surface area contributed by atoms with Gasteiger partial charge in [0.05, 0.1) is 0 Å². The molecule has 0 fully saturated rings. The molecule has 108 valence electrons. The van der Waals surface area contributed by atoms with Gasteiger partial charge in [0, 0.05) is 21.6 Å². The van der Waals surface area contributed by atoms with E-state index in [-0.39, 0.29) is 5.75 Å². The fourth-order valence-electron chi connectivity index (χ4n) is 1.44. The number of hydrogen-bond donors (Lipinski definition) is 1. The van der Waals surface area contributed by atoms with Crippen molar-refractivity contribution in [2.24, 2.45) is 0 Å². The summed E-state index contributed by atoms with van der Waals surface area (Å²) in [7, 11) is 0. The fourth-order valence-corrected chi connectivity index (χ4v) is 3.17. The minimum Gasteiger partial charge on any atom is -0.406 e. The second-order valence-corrected chi connectivity index (χ2v) is 6.35. The molecule has 2 rings (SSSR count). The topological polar surface area (TPSA) is 21.3 Å². The first-order valence-corrected chi connectivity index (χ1v) is 7.35. The van der Waals surface area contributed by atoms with E-state index in [0.717, 1.165) is 9.35 Å². The summed E-state index contributed by atoms with van der Waals surface area (Å²) < 4.78 is 41.3. The van der Waals surface area contributed by atoms with Crippen molar-refractivity contribution in [2.75, 3.05) is 5.32 Å². The van der Waals surface area contributed by atoms with Crippen LogP contribution in [0.2, 0.25) is 4.34 Å². The first-order chi connectivity index (χ1) is 9.33. The summed E-state index contributed by atoms with van der Waals surface area (Å²) in [4.78, 5) is 1.01. The quantitative estimate of drug-likeness (QED) is 0.730. The summed E-state index contributed by atoms with van der Waals surface area (Å²) in [5.74, 6) is -0.245. The van der Waals surface area contributed by atoms with Crippen LogP contribution in [0.25, 0.3) is 0 Å². The molecule has 0 saturated carbocycles. The molecule has 1 heterocycles. The first kappa shape index (κ1) is 15.5. The van der Waals surface area contributed by atoms with E-state index < -0.39 is 6.36 Å². The third kappa shape index (κ3) is 4.57. The maximum Gasteiger partial charge on any atom is 0.573 e. The van der Waals surface area contributed by atoms with Crippen LogP contribution in [0.15, 0.2) is 34.8 Å². The van der Waals surface area contributed by atoms with Gasteiger partial charge in [0.1, 0.15) is 10.1 Å². The highest BCUT2D eigenvalue weighted by atomic mass is 79.9. The molecule has 2 aromatic rings. The molecule has 8 heteroatoms. The van der Waals surface area contributed by atoms with Gasteiger partial charge in [0.2, 0.25) is 0 Å². The molecular formula is C12H8BrClF3NOS. The normalized spacial score (nSPS) is 11.4. The second-order valence-electron chi connectivity index (χ2n) is 3.76. The molecule has 0 atom stereocenters. The number of ether oxygens (including phenoxy) is 1. The molecule has 0 amide bonds. The van der Waals surface area contributed by atoms with Crippen LogP contribution in [0.4, 0.5) is 18.9 Å². The first-order valence-electron chi connectivity index (χ1n) is 5.37. The Morgan fingerprint density at radius 3 is 2.40 bits per heavy atom. The molecule has 0 aliphatic rings.